The number of benzene rings is 1. The van der Waals surface area contributed by atoms with E-state index in [-0.39, 0.29) is 17.9 Å². The van der Waals surface area contributed by atoms with Crippen LogP contribution in [0.4, 0.5) is 0 Å². The third-order valence-electron chi connectivity index (χ3n) is 5.23. The van der Waals surface area contributed by atoms with Gasteiger partial charge in [0.15, 0.2) is 0 Å². The summed E-state index contributed by atoms with van der Waals surface area (Å²) in [6.07, 6.45) is 2.94. The van der Waals surface area contributed by atoms with Gasteiger partial charge in [0.05, 0.1) is 17.5 Å². The second-order valence-corrected chi connectivity index (χ2v) is 7.02. The maximum Gasteiger partial charge on any atom is 0.272 e. The van der Waals surface area contributed by atoms with Gasteiger partial charge in [-0.15, -0.1) is 0 Å². The van der Waals surface area contributed by atoms with Gasteiger partial charge >= 0.3 is 0 Å². The molecule has 0 atom stereocenters. The molecule has 3 aromatic rings. The molecule has 7 nitrogen and oxygen atoms in total. The maximum absolute atomic E-state index is 12.7. The summed E-state index contributed by atoms with van der Waals surface area (Å²) in [5.74, 6) is 0.0501. The van der Waals surface area contributed by atoms with Crippen LogP contribution in [-0.4, -0.2) is 63.6 Å². The van der Waals surface area contributed by atoms with Crippen LogP contribution < -0.4 is 5.56 Å². The normalized spacial score (nSPS) is 15.1. The van der Waals surface area contributed by atoms with Crippen molar-refractivity contribution in [3.63, 3.8) is 0 Å². The van der Waals surface area contributed by atoms with Crippen molar-refractivity contribution in [2.45, 2.75) is 12.8 Å². The molecule has 0 aliphatic carbocycles. The molecular weight excluding hydrogens is 354 g/mol. The first kappa shape index (κ1) is 18.3. The van der Waals surface area contributed by atoms with E-state index < -0.39 is 0 Å². The fraction of sp³-hybridized carbons (Fsp3) is 0.333. The molecule has 2 aromatic heterocycles. The highest BCUT2D eigenvalue weighted by molar-refractivity contribution is 5.88. The van der Waals surface area contributed by atoms with Crippen molar-refractivity contribution in [3.05, 3.63) is 70.4 Å². The molecule has 28 heavy (non-hydrogen) atoms. The summed E-state index contributed by atoms with van der Waals surface area (Å²) in [4.78, 5) is 33.3. The van der Waals surface area contributed by atoms with Crippen LogP contribution in [0.1, 0.15) is 11.4 Å². The molecule has 0 radical (unpaired) electrons. The van der Waals surface area contributed by atoms with E-state index in [9.17, 15) is 9.59 Å². The van der Waals surface area contributed by atoms with Crippen molar-refractivity contribution in [3.8, 4) is 0 Å². The van der Waals surface area contributed by atoms with Gasteiger partial charge in [-0.3, -0.25) is 19.5 Å². The molecule has 7 heteroatoms. The van der Waals surface area contributed by atoms with Crippen molar-refractivity contribution in [1.82, 2.24) is 25.0 Å². The number of fused-ring (bicyclic) bond motifs is 1. The second kappa shape index (κ2) is 8.31. The van der Waals surface area contributed by atoms with Crippen LogP contribution in [0, 0.1) is 0 Å². The van der Waals surface area contributed by atoms with Crippen LogP contribution in [0.25, 0.3) is 10.8 Å². The van der Waals surface area contributed by atoms with Gasteiger partial charge in [0.1, 0.15) is 0 Å². The average Bonchev–Trinajstić information content (AvgIpc) is 2.75. The Morgan fingerprint density at radius 3 is 2.50 bits per heavy atom. The number of nitrogens with one attached hydrogen (secondary N) is 1. The summed E-state index contributed by atoms with van der Waals surface area (Å²) in [5.41, 5.74) is 1.49. The van der Waals surface area contributed by atoms with E-state index in [4.69, 9.17) is 0 Å². The van der Waals surface area contributed by atoms with Crippen LogP contribution in [0.3, 0.4) is 0 Å². The van der Waals surface area contributed by atoms with Gasteiger partial charge in [-0.05, 0) is 18.2 Å². The van der Waals surface area contributed by atoms with Gasteiger partial charge in [0.25, 0.3) is 5.56 Å². The van der Waals surface area contributed by atoms with E-state index in [1.807, 2.05) is 47.5 Å². The molecule has 1 amide bonds. The minimum Gasteiger partial charge on any atom is -0.340 e. The lowest BCUT2D eigenvalue weighted by Crippen LogP contribution is -2.49. The lowest BCUT2D eigenvalue weighted by molar-refractivity contribution is -0.132. The standard InChI is InChI=1S/C21H23N5O2/c27-20(15-19-17-6-1-2-7-18(17)21(28)24-23-19)26-13-11-25(12-14-26)10-8-16-5-3-4-9-22-16/h1-7,9H,8,10-15H2,(H,24,28). The predicted molar refractivity (Wildman–Crippen MR) is 107 cm³/mol. The summed E-state index contributed by atoms with van der Waals surface area (Å²) >= 11 is 0. The van der Waals surface area contributed by atoms with Gasteiger partial charge in [-0.1, -0.05) is 24.3 Å². The molecule has 4 rings (SSSR count). The summed E-state index contributed by atoms with van der Waals surface area (Å²) < 4.78 is 0. The Balaban J connectivity index is 1.33. The van der Waals surface area contributed by atoms with E-state index in [1.54, 1.807) is 6.07 Å². The van der Waals surface area contributed by atoms with Crippen LogP contribution in [0.15, 0.2) is 53.5 Å². The summed E-state index contributed by atoms with van der Waals surface area (Å²) in [6, 6.07) is 13.2. The number of H-pyrrole nitrogens is 1. The topological polar surface area (TPSA) is 82.2 Å². The van der Waals surface area contributed by atoms with E-state index >= 15 is 0 Å². The number of carbonyl (C=O) groups is 1. The van der Waals surface area contributed by atoms with Crippen LogP contribution in [0.5, 0.6) is 0 Å². The number of hydrogen-bond donors (Lipinski definition) is 1. The zero-order valence-electron chi connectivity index (χ0n) is 15.7. The Labute approximate surface area is 163 Å². The van der Waals surface area contributed by atoms with E-state index in [0.717, 1.165) is 37.1 Å². The zero-order chi connectivity index (χ0) is 19.3. The largest absolute Gasteiger partial charge is 0.340 e. The molecule has 0 saturated carbocycles. The molecule has 144 valence electrons. The van der Waals surface area contributed by atoms with Gasteiger partial charge in [0.2, 0.25) is 5.91 Å². The SMILES string of the molecule is O=C(Cc1n[nH]c(=O)c2ccccc12)N1CCN(CCc2ccccn2)CC1. The lowest BCUT2D eigenvalue weighted by atomic mass is 10.1. The first-order chi connectivity index (χ1) is 13.7. The fourth-order valence-corrected chi connectivity index (χ4v) is 3.60. The molecule has 1 aromatic carbocycles. The Hall–Kier alpha value is -3.06. The molecule has 0 spiro atoms. The first-order valence-electron chi connectivity index (χ1n) is 9.57. The highest BCUT2D eigenvalue weighted by atomic mass is 16.2. The molecule has 1 N–H and O–H groups in total. The molecular formula is C21H23N5O2. The van der Waals surface area contributed by atoms with Crippen LogP contribution in [-0.2, 0) is 17.6 Å². The van der Waals surface area contributed by atoms with E-state index in [0.29, 0.717) is 24.2 Å². The van der Waals surface area contributed by atoms with Crippen LogP contribution in [0.2, 0.25) is 0 Å². The lowest BCUT2D eigenvalue weighted by Gasteiger charge is -2.34. The highest BCUT2D eigenvalue weighted by Crippen LogP contribution is 2.14. The summed E-state index contributed by atoms with van der Waals surface area (Å²) in [6.45, 7) is 4.09. The third-order valence-corrected chi connectivity index (χ3v) is 5.23. The Kier molecular flexibility index (Phi) is 5.43. The summed E-state index contributed by atoms with van der Waals surface area (Å²) in [7, 11) is 0. The number of piperazine rings is 1. The Bertz CT molecular complexity index is 1010. The molecule has 3 heterocycles. The van der Waals surface area contributed by atoms with Crippen molar-refractivity contribution >= 4 is 16.7 Å². The predicted octanol–water partition coefficient (Wildman–Crippen LogP) is 1.25. The highest BCUT2D eigenvalue weighted by Gasteiger charge is 2.22. The fourth-order valence-electron chi connectivity index (χ4n) is 3.60. The number of pyridine rings is 1. The van der Waals surface area contributed by atoms with Gasteiger partial charge in [0, 0.05) is 56.4 Å². The number of aromatic amines is 1. The molecule has 0 unspecified atom stereocenters. The molecule has 1 fully saturated rings. The molecule has 0 bridgehead atoms. The smallest absolute Gasteiger partial charge is 0.272 e. The Morgan fingerprint density at radius 1 is 1.00 bits per heavy atom. The molecule has 1 aliphatic heterocycles. The van der Waals surface area contributed by atoms with Crippen molar-refractivity contribution in [1.29, 1.82) is 0 Å². The maximum atomic E-state index is 12.7. The summed E-state index contributed by atoms with van der Waals surface area (Å²) in [5, 5.41) is 7.93. The van der Waals surface area contributed by atoms with E-state index in [2.05, 4.69) is 20.1 Å². The number of nitrogens with zero attached hydrogens (tertiary/aromatic N) is 4. The Morgan fingerprint density at radius 2 is 1.75 bits per heavy atom. The number of rotatable bonds is 5. The van der Waals surface area contributed by atoms with E-state index in [1.165, 1.54) is 0 Å². The van der Waals surface area contributed by atoms with Gasteiger partial charge in [-0.2, -0.15) is 5.10 Å². The first-order valence-corrected chi connectivity index (χ1v) is 9.57. The quantitative estimate of drug-likeness (QED) is 0.724. The monoisotopic (exact) mass is 377 g/mol. The van der Waals surface area contributed by atoms with Gasteiger partial charge in [-0.25, -0.2) is 5.10 Å². The third kappa shape index (κ3) is 4.09. The number of hydrogen-bond acceptors (Lipinski definition) is 5. The number of aromatic nitrogens is 3. The minimum atomic E-state index is -0.228. The molecule has 1 aliphatic rings. The van der Waals surface area contributed by atoms with Crippen molar-refractivity contribution in [2.75, 3.05) is 32.7 Å². The molecule has 1 saturated heterocycles. The minimum absolute atomic E-state index is 0.0501. The van der Waals surface area contributed by atoms with Crippen molar-refractivity contribution < 1.29 is 4.79 Å². The zero-order valence-corrected chi connectivity index (χ0v) is 15.7. The average molecular weight is 377 g/mol. The van der Waals surface area contributed by atoms with Gasteiger partial charge < -0.3 is 4.90 Å². The van der Waals surface area contributed by atoms with Crippen molar-refractivity contribution in [2.24, 2.45) is 0 Å². The number of amides is 1. The van der Waals surface area contributed by atoms with Crippen LogP contribution >= 0.6 is 0 Å². The number of carbonyl (C=O) groups excluding carboxylic acids is 1. The second-order valence-electron chi connectivity index (χ2n) is 7.02.